The molecular formula is C12H17N3OS. The molecule has 4 nitrogen and oxygen atoms in total. The van der Waals surface area contributed by atoms with Gasteiger partial charge < -0.3 is 10.6 Å². The van der Waals surface area contributed by atoms with E-state index in [1.165, 1.54) is 29.8 Å². The van der Waals surface area contributed by atoms with E-state index in [0.29, 0.717) is 6.54 Å². The molecular weight excluding hydrogens is 234 g/mol. The number of fused-ring (bicyclic) bond motifs is 1. The third-order valence-corrected chi connectivity index (χ3v) is 4.33. The van der Waals surface area contributed by atoms with Gasteiger partial charge in [-0.15, -0.1) is 11.3 Å². The number of rotatable bonds is 5. The minimum Gasteiger partial charge on any atom is -0.308 e. The summed E-state index contributed by atoms with van der Waals surface area (Å²) in [4.78, 5) is 17.4. The normalized spacial score (nSPS) is 18.1. The molecule has 1 heterocycles. The maximum atomic E-state index is 11.6. The molecule has 0 radical (unpaired) electrons. The van der Waals surface area contributed by atoms with Crippen molar-refractivity contribution >= 4 is 22.4 Å². The van der Waals surface area contributed by atoms with Crippen LogP contribution in [0.1, 0.15) is 29.8 Å². The molecule has 3 rings (SSSR count). The number of nitrogens with one attached hydrogen (secondary N) is 2. The van der Waals surface area contributed by atoms with Gasteiger partial charge in [0.1, 0.15) is 0 Å². The molecule has 0 spiro atoms. The highest BCUT2D eigenvalue weighted by atomic mass is 32.1. The summed E-state index contributed by atoms with van der Waals surface area (Å²) in [6.07, 6.45) is 6.04. The lowest BCUT2D eigenvalue weighted by Gasteiger charge is -2.03. The van der Waals surface area contributed by atoms with Gasteiger partial charge in [0.25, 0.3) is 0 Å². The Balaban J connectivity index is 1.46. The molecule has 0 saturated heterocycles. The minimum absolute atomic E-state index is 0.0260. The molecule has 0 bridgehead atoms. The van der Waals surface area contributed by atoms with E-state index in [9.17, 15) is 4.79 Å². The van der Waals surface area contributed by atoms with E-state index < -0.39 is 0 Å². The maximum Gasteiger partial charge on any atom is 0.240 e. The molecule has 92 valence electrons. The Morgan fingerprint density at radius 1 is 1.41 bits per heavy atom. The number of carbonyl (C=O) groups is 1. The number of thiazole rings is 1. The van der Waals surface area contributed by atoms with Gasteiger partial charge in [0.15, 0.2) is 5.13 Å². The topological polar surface area (TPSA) is 54.0 Å². The average molecular weight is 251 g/mol. The lowest BCUT2D eigenvalue weighted by atomic mass is 10.4. The highest BCUT2D eigenvalue weighted by Crippen LogP contribution is 2.30. The molecule has 0 aliphatic heterocycles. The molecule has 2 aliphatic carbocycles. The van der Waals surface area contributed by atoms with Crippen LogP contribution in [0.2, 0.25) is 0 Å². The molecule has 0 atom stereocenters. The Morgan fingerprint density at radius 2 is 2.29 bits per heavy atom. The van der Waals surface area contributed by atoms with Crippen LogP contribution >= 0.6 is 11.3 Å². The molecule has 1 aromatic rings. The van der Waals surface area contributed by atoms with Crippen LogP contribution in [-0.4, -0.2) is 24.0 Å². The van der Waals surface area contributed by atoms with Crippen LogP contribution in [0, 0.1) is 5.92 Å². The van der Waals surface area contributed by atoms with E-state index in [0.717, 1.165) is 30.4 Å². The Labute approximate surface area is 105 Å². The van der Waals surface area contributed by atoms with E-state index in [-0.39, 0.29) is 5.91 Å². The fourth-order valence-corrected chi connectivity index (χ4v) is 3.19. The van der Waals surface area contributed by atoms with Crippen molar-refractivity contribution < 1.29 is 4.79 Å². The van der Waals surface area contributed by atoms with Crippen molar-refractivity contribution in [3.8, 4) is 0 Å². The molecule has 17 heavy (non-hydrogen) atoms. The van der Waals surface area contributed by atoms with Crippen molar-refractivity contribution in [1.29, 1.82) is 0 Å². The SMILES string of the molecule is O=C(CNCC1CC1)Nc1nc2c(s1)CCC2. The molecule has 1 amide bonds. The molecule has 0 unspecified atom stereocenters. The van der Waals surface area contributed by atoms with Crippen LogP contribution in [-0.2, 0) is 17.6 Å². The second-order valence-corrected chi connectivity index (χ2v) is 5.95. The van der Waals surface area contributed by atoms with E-state index in [2.05, 4.69) is 15.6 Å². The van der Waals surface area contributed by atoms with Gasteiger partial charge in [0.05, 0.1) is 12.2 Å². The van der Waals surface area contributed by atoms with Gasteiger partial charge in [-0.1, -0.05) is 0 Å². The summed E-state index contributed by atoms with van der Waals surface area (Å²) in [5, 5.41) is 6.82. The molecule has 1 fully saturated rings. The first-order valence-corrected chi connectivity index (χ1v) is 7.12. The second-order valence-electron chi connectivity index (χ2n) is 4.86. The third kappa shape index (κ3) is 2.84. The lowest BCUT2D eigenvalue weighted by Crippen LogP contribution is -2.29. The number of nitrogens with zero attached hydrogens (tertiary/aromatic N) is 1. The monoisotopic (exact) mass is 251 g/mol. The zero-order valence-corrected chi connectivity index (χ0v) is 10.6. The van der Waals surface area contributed by atoms with Gasteiger partial charge in [0.2, 0.25) is 5.91 Å². The summed E-state index contributed by atoms with van der Waals surface area (Å²) >= 11 is 1.63. The predicted molar refractivity (Wildman–Crippen MR) is 68.4 cm³/mol. The van der Waals surface area contributed by atoms with Crippen molar-refractivity contribution in [3.63, 3.8) is 0 Å². The summed E-state index contributed by atoms with van der Waals surface area (Å²) in [5.41, 5.74) is 1.19. The van der Waals surface area contributed by atoms with Gasteiger partial charge in [0, 0.05) is 4.88 Å². The zero-order valence-electron chi connectivity index (χ0n) is 9.79. The van der Waals surface area contributed by atoms with Gasteiger partial charge in [-0.3, -0.25) is 4.79 Å². The number of aryl methyl sites for hydroxylation is 2. The molecule has 5 heteroatoms. The first-order chi connectivity index (χ1) is 8.31. The number of carbonyl (C=O) groups excluding carboxylic acids is 1. The standard InChI is InChI=1S/C12H17N3OS/c16-11(7-13-6-8-4-5-8)15-12-14-9-2-1-3-10(9)17-12/h8,13H,1-7H2,(H,14,15,16). The fraction of sp³-hybridized carbons (Fsp3) is 0.667. The molecule has 1 aromatic heterocycles. The lowest BCUT2D eigenvalue weighted by molar-refractivity contribution is -0.115. The Morgan fingerprint density at radius 3 is 3.06 bits per heavy atom. The van der Waals surface area contributed by atoms with Crippen LogP contribution in [0.25, 0.3) is 0 Å². The molecule has 0 aromatic carbocycles. The van der Waals surface area contributed by atoms with Crippen LogP contribution in [0.3, 0.4) is 0 Å². The fourth-order valence-electron chi connectivity index (χ4n) is 2.12. The number of aromatic nitrogens is 1. The van der Waals surface area contributed by atoms with Crippen LogP contribution in [0.4, 0.5) is 5.13 Å². The zero-order chi connectivity index (χ0) is 11.7. The van der Waals surface area contributed by atoms with E-state index in [4.69, 9.17) is 0 Å². The smallest absolute Gasteiger partial charge is 0.240 e. The summed E-state index contributed by atoms with van der Waals surface area (Å²) in [5.74, 6) is 0.838. The second kappa shape index (κ2) is 4.74. The van der Waals surface area contributed by atoms with Crippen LogP contribution in [0.15, 0.2) is 0 Å². The van der Waals surface area contributed by atoms with Gasteiger partial charge in [-0.05, 0) is 44.6 Å². The molecule has 2 aliphatic rings. The van der Waals surface area contributed by atoms with Gasteiger partial charge in [-0.25, -0.2) is 4.98 Å². The van der Waals surface area contributed by atoms with E-state index >= 15 is 0 Å². The summed E-state index contributed by atoms with van der Waals surface area (Å²) in [6, 6.07) is 0. The van der Waals surface area contributed by atoms with Gasteiger partial charge in [-0.2, -0.15) is 0 Å². The first-order valence-electron chi connectivity index (χ1n) is 6.30. The predicted octanol–water partition coefficient (Wildman–Crippen LogP) is 1.57. The van der Waals surface area contributed by atoms with Crippen molar-refractivity contribution in [2.45, 2.75) is 32.1 Å². The number of hydrogen-bond donors (Lipinski definition) is 2. The van der Waals surface area contributed by atoms with Crippen molar-refractivity contribution in [1.82, 2.24) is 10.3 Å². The first kappa shape index (κ1) is 11.2. The summed E-state index contributed by atoms with van der Waals surface area (Å²) in [7, 11) is 0. The quantitative estimate of drug-likeness (QED) is 0.835. The number of anilines is 1. The third-order valence-electron chi connectivity index (χ3n) is 3.26. The van der Waals surface area contributed by atoms with E-state index in [1.807, 2.05) is 0 Å². The number of amides is 1. The maximum absolute atomic E-state index is 11.6. The van der Waals surface area contributed by atoms with Crippen LogP contribution < -0.4 is 10.6 Å². The summed E-state index contributed by atoms with van der Waals surface area (Å²) in [6.45, 7) is 1.38. The van der Waals surface area contributed by atoms with Crippen molar-refractivity contribution in [2.24, 2.45) is 5.92 Å². The van der Waals surface area contributed by atoms with Gasteiger partial charge >= 0.3 is 0 Å². The van der Waals surface area contributed by atoms with E-state index in [1.54, 1.807) is 11.3 Å². The Hall–Kier alpha value is -0.940. The minimum atomic E-state index is 0.0260. The Bertz CT molecular complexity index is 404. The molecule has 1 saturated carbocycles. The Kier molecular flexibility index (Phi) is 3.11. The average Bonchev–Trinajstić information content (AvgIpc) is 2.87. The van der Waals surface area contributed by atoms with Crippen molar-refractivity contribution in [2.75, 3.05) is 18.4 Å². The highest BCUT2D eigenvalue weighted by molar-refractivity contribution is 7.15. The van der Waals surface area contributed by atoms with Crippen LogP contribution in [0.5, 0.6) is 0 Å². The largest absolute Gasteiger partial charge is 0.308 e. The number of hydrogen-bond acceptors (Lipinski definition) is 4. The van der Waals surface area contributed by atoms with Crippen molar-refractivity contribution in [3.05, 3.63) is 10.6 Å². The molecule has 2 N–H and O–H groups in total. The summed E-state index contributed by atoms with van der Waals surface area (Å²) < 4.78 is 0. The highest BCUT2D eigenvalue weighted by Gasteiger charge is 2.21.